The van der Waals surface area contributed by atoms with E-state index >= 15 is 0 Å². The Morgan fingerprint density at radius 3 is 3.00 bits per heavy atom. The van der Waals surface area contributed by atoms with Gasteiger partial charge >= 0.3 is 0 Å². The van der Waals surface area contributed by atoms with Gasteiger partial charge in [-0.05, 0) is 38.5 Å². The molecule has 74 valence electrons. The van der Waals surface area contributed by atoms with Gasteiger partial charge in [0.2, 0.25) is 0 Å². The van der Waals surface area contributed by atoms with Crippen LogP contribution in [-0.4, -0.2) is 29.0 Å². The van der Waals surface area contributed by atoms with E-state index < -0.39 is 0 Å². The molecule has 1 aromatic carbocycles. The summed E-state index contributed by atoms with van der Waals surface area (Å²) in [7, 11) is 0. The van der Waals surface area contributed by atoms with Gasteiger partial charge in [0.05, 0.1) is 21.9 Å². The van der Waals surface area contributed by atoms with E-state index in [0.717, 1.165) is 21.2 Å². The van der Waals surface area contributed by atoms with Crippen LogP contribution >= 0.6 is 27.7 Å². The second-order valence-corrected chi connectivity index (χ2v) is 4.11. The summed E-state index contributed by atoms with van der Waals surface area (Å²) in [5.74, 6) is 0. The number of halogens is 1. The third kappa shape index (κ3) is 1.33. The van der Waals surface area contributed by atoms with Crippen molar-refractivity contribution in [2.75, 3.05) is 0 Å². The van der Waals surface area contributed by atoms with Crippen molar-refractivity contribution in [1.82, 2.24) is 29.0 Å². The van der Waals surface area contributed by atoms with Gasteiger partial charge in [-0.15, -0.1) is 5.10 Å². The summed E-state index contributed by atoms with van der Waals surface area (Å²) < 4.78 is 10.8. The highest BCUT2D eigenvalue weighted by Crippen LogP contribution is 2.28. The van der Waals surface area contributed by atoms with Crippen molar-refractivity contribution >= 4 is 38.7 Å². The predicted molar refractivity (Wildman–Crippen MR) is 57.8 cm³/mol. The lowest BCUT2D eigenvalue weighted by molar-refractivity contribution is 0.787. The molecule has 0 saturated carbocycles. The van der Waals surface area contributed by atoms with Crippen LogP contribution in [0.2, 0.25) is 0 Å². The molecule has 0 aliphatic carbocycles. The molecule has 0 bridgehead atoms. The Bertz CT molecular complexity index is 603. The largest absolute Gasteiger partial charge is 0.199 e. The maximum Gasteiger partial charge on any atom is 0.143 e. The molecular weight excluding hydrogens is 280 g/mol. The zero-order valence-corrected chi connectivity index (χ0v) is 9.60. The maximum atomic E-state index is 4.19. The van der Waals surface area contributed by atoms with Crippen molar-refractivity contribution in [2.24, 2.45) is 0 Å². The molecular formula is C7H3BrN6S. The van der Waals surface area contributed by atoms with E-state index in [9.17, 15) is 0 Å². The van der Waals surface area contributed by atoms with Crippen LogP contribution in [0.15, 0.2) is 22.9 Å². The van der Waals surface area contributed by atoms with E-state index in [0.29, 0.717) is 0 Å². The molecule has 3 aromatic rings. The number of hydrogen-bond acceptors (Lipinski definition) is 6. The summed E-state index contributed by atoms with van der Waals surface area (Å²) in [5, 5.41) is 11.0. The van der Waals surface area contributed by atoms with Crippen molar-refractivity contribution in [2.45, 2.75) is 0 Å². The number of tetrazole rings is 1. The molecule has 6 nitrogen and oxygen atoms in total. The first kappa shape index (κ1) is 8.86. The summed E-state index contributed by atoms with van der Waals surface area (Å²) in [6.45, 7) is 0. The minimum atomic E-state index is 0.827. The molecule has 15 heavy (non-hydrogen) atoms. The van der Waals surface area contributed by atoms with E-state index in [2.05, 4.69) is 40.2 Å². The molecule has 0 unspecified atom stereocenters. The number of aromatic nitrogens is 6. The van der Waals surface area contributed by atoms with E-state index in [-0.39, 0.29) is 0 Å². The van der Waals surface area contributed by atoms with E-state index in [1.807, 2.05) is 12.1 Å². The van der Waals surface area contributed by atoms with Crippen LogP contribution in [0.1, 0.15) is 0 Å². The standard InChI is InChI=1S/C7H3BrN6S/c8-6-5(14-3-9-12-13-14)2-1-4-7(6)11-15-10-4/h1-3H. The minimum Gasteiger partial charge on any atom is -0.199 e. The van der Waals surface area contributed by atoms with Gasteiger partial charge in [0.15, 0.2) is 0 Å². The van der Waals surface area contributed by atoms with Gasteiger partial charge < -0.3 is 0 Å². The predicted octanol–water partition coefficient (Wildman–Crippen LogP) is 1.43. The van der Waals surface area contributed by atoms with Gasteiger partial charge in [0, 0.05) is 0 Å². The molecule has 0 amide bonds. The Labute approximate surface area is 96.4 Å². The third-order valence-electron chi connectivity index (χ3n) is 1.94. The van der Waals surface area contributed by atoms with Crippen LogP contribution in [0, 0.1) is 0 Å². The highest BCUT2D eigenvalue weighted by Gasteiger charge is 2.10. The molecule has 3 rings (SSSR count). The minimum absolute atomic E-state index is 0.827. The fourth-order valence-electron chi connectivity index (χ4n) is 1.26. The smallest absolute Gasteiger partial charge is 0.143 e. The normalized spacial score (nSPS) is 11.0. The van der Waals surface area contributed by atoms with Crippen LogP contribution in [0.4, 0.5) is 0 Å². The topological polar surface area (TPSA) is 69.4 Å². The summed E-state index contributed by atoms with van der Waals surface area (Å²) in [4.78, 5) is 0. The molecule has 0 atom stereocenters. The third-order valence-corrected chi connectivity index (χ3v) is 3.27. The summed E-state index contributed by atoms with van der Waals surface area (Å²) in [6, 6.07) is 3.78. The Kier molecular flexibility index (Phi) is 1.96. The molecule has 0 fully saturated rings. The van der Waals surface area contributed by atoms with Gasteiger partial charge in [0.1, 0.15) is 17.4 Å². The fourth-order valence-corrected chi connectivity index (χ4v) is 2.52. The molecule has 0 aliphatic rings. The number of benzene rings is 1. The lowest BCUT2D eigenvalue weighted by Crippen LogP contribution is -1.96. The van der Waals surface area contributed by atoms with E-state index in [1.165, 1.54) is 18.1 Å². The number of hydrogen-bond donors (Lipinski definition) is 0. The van der Waals surface area contributed by atoms with Gasteiger partial charge in [0.25, 0.3) is 0 Å². The van der Waals surface area contributed by atoms with Crippen molar-refractivity contribution in [3.8, 4) is 5.69 Å². The summed E-state index contributed by atoms with van der Waals surface area (Å²) in [6.07, 6.45) is 1.53. The zero-order chi connectivity index (χ0) is 10.3. The van der Waals surface area contributed by atoms with E-state index in [4.69, 9.17) is 0 Å². The average Bonchev–Trinajstić information content (AvgIpc) is 2.87. The van der Waals surface area contributed by atoms with Crippen molar-refractivity contribution in [3.63, 3.8) is 0 Å². The lowest BCUT2D eigenvalue weighted by Gasteiger charge is -2.01. The van der Waals surface area contributed by atoms with Gasteiger partial charge in [-0.2, -0.15) is 13.4 Å². The first-order valence-corrected chi connectivity index (χ1v) is 5.53. The fraction of sp³-hybridized carbons (Fsp3) is 0. The van der Waals surface area contributed by atoms with Gasteiger partial charge in [-0.25, -0.2) is 0 Å². The highest BCUT2D eigenvalue weighted by atomic mass is 79.9. The number of fused-ring (bicyclic) bond motifs is 1. The quantitative estimate of drug-likeness (QED) is 0.675. The SMILES string of the molecule is Brc1c(-n2cnnn2)ccc2nsnc12. The second-order valence-electron chi connectivity index (χ2n) is 2.79. The zero-order valence-electron chi connectivity index (χ0n) is 7.20. The number of nitrogens with zero attached hydrogens (tertiary/aromatic N) is 6. The molecule has 0 N–H and O–H groups in total. The molecule has 2 heterocycles. The van der Waals surface area contributed by atoms with Crippen LogP contribution in [0.5, 0.6) is 0 Å². The van der Waals surface area contributed by atoms with Gasteiger partial charge in [-0.3, -0.25) is 0 Å². The van der Waals surface area contributed by atoms with E-state index in [1.54, 1.807) is 4.68 Å². The molecule has 0 radical (unpaired) electrons. The average molecular weight is 283 g/mol. The molecule has 0 spiro atoms. The van der Waals surface area contributed by atoms with Crippen LogP contribution < -0.4 is 0 Å². The maximum absolute atomic E-state index is 4.19. The van der Waals surface area contributed by atoms with Crippen LogP contribution in [0.3, 0.4) is 0 Å². The Hall–Kier alpha value is -1.41. The Morgan fingerprint density at radius 1 is 1.27 bits per heavy atom. The van der Waals surface area contributed by atoms with Crippen LogP contribution in [0.25, 0.3) is 16.7 Å². The Morgan fingerprint density at radius 2 is 2.20 bits per heavy atom. The highest BCUT2D eigenvalue weighted by molar-refractivity contribution is 9.10. The van der Waals surface area contributed by atoms with Crippen molar-refractivity contribution in [1.29, 1.82) is 0 Å². The first-order valence-electron chi connectivity index (χ1n) is 4.00. The summed E-state index contributed by atoms with van der Waals surface area (Å²) >= 11 is 4.65. The molecule has 0 saturated heterocycles. The Balaban J connectivity index is 2.32. The van der Waals surface area contributed by atoms with Gasteiger partial charge in [-0.1, -0.05) is 0 Å². The molecule has 2 aromatic heterocycles. The monoisotopic (exact) mass is 282 g/mol. The summed E-state index contributed by atoms with van der Waals surface area (Å²) in [5.41, 5.74) is 2.54. The lowest BCUT2D eigenvalue weighted by atomic mass is 10.3. The van der Waals surface area contributed by atoms with Crippen molar-refractivity contribution < 1.29 is 0 Å². The molecule has 8 heteroatoms. The van der Waals surface area contributed by atoms with Crippen LogP contribution in [-0.2, 0) is 0 Å². The van der Waals surface area contributed by atoms with Crippen molar-refractivity contribution in [3.05, 3.63) is 22.9 Å². The molecule has 0 aliphatic heterocycles. The number of rotatable bonds is 1. The second kappa shape index (κ2) is 3.31. The first-order chi connectivity index (χ1) is 7.36.